The maximum Gasteiger partial charge on any atom is 0.260 e. The van der Waals surface area contributed by atoms with E-state index in [2.05, 4.69) is 26.5 Å². The third-order valence-corrected chi connectivity index (χ3v) is 3.60. The minimum absolute atomic E-state index is 0.0540. The highest BCUT2D eigenvalue weighted by molar-refractivity contribution is 5.74. The number of nitrogens with one attached hydrogen (secondary N) is 1. The zero-order chi connectivity index (χ0) is 11.8. The molecule has 0 atom stereocenters. The monoisotopic (exact) mass is 232 g/mol. The standard InChI is InChI=1S/C12H16N4O/c1-15-5-2-9(3-6-15)16-7-4-10-11(16)13-8-14-12(10)17/h4,7-9H,2-3,5-6H2,1H3,(H,13,14,17). The molecule has 5 heteroatoms. The van der Waals surface area contributed by atoms with Crippen molar-refractivity contribution in [1.82, 2.24) is 19.4 Å². The molecular weight excluding hydrogens is 216 g/mol. The molecule has 0 unspecified atom stereocenters. The van der Waals surface area contributed by atoms with Crippen molar-refractivity contribution in [2.45, 2.75) is 18.9 Å². The van der Waals surface area contributed by atoms with Gasteiger partial charge in [-0.1, -0.05) is 0 Å². The molecule has 0 bridgehead atoms. The van der Waals surface area contributed by atoms with Gasteiger partial charge in [0.2, 0.25) is 0 Å². The van der Waals surface area contributed by atoms with E-state index >= 15 is 0 Å². The predicted molar refractivity (Wildman–Crippen MR) is 66.1 cm³/mol. The molecular formula is C12H16N4O. The van der Waals surface area contributed by atoms with Crippen molar-refractivity contribution >= 4 is 11.0 Å². The normalized spacial score (nSPS) is 18.9. The Morgan fingerprint density at radius 2 is 2.18 bits per heavy atom. The van der Waals surface area contributed by atoms with Crippen LogP contribution in [0.4, 0.5) is 0 Å². The highest BCUT2D eigenvalue weighted by Crippen LogP contribution is 2.24. The number of rotatable bonds is 1. The summed E-state index contributed by atoms with van der Waals surface area (Å²) >= 11 is 0. The van der Waals surface area contributed by atoms with Gasteiger partial charge >= 0.3 is 0 Å². The molecule has 0 amide bonds. The number of hydrogen-bond acceptors (Lipinski definition) is 3. The molecule has 1 aliphatic rings. The summed E-state index contributed by atoms with van der Waals surface area (Å²) < 4.78 is 2.15. The lowest BCUT2D eigenvalue weighted by molar-refractivity contribution is 0.223. The molecule has 0 spiro atoms. The minimum atomic E-state index is -0.0540. The number of fused-ring (bicyclic) bond motifs is 1. The number of aromatic amines is 1. The third-order valence-electron chi connectivity index (χ3n) is 3.60. The molecule has 5 nitrogen and oxygen atoms in total. The molecule has 1 N–H and O–H groups in total. The van der Waals surface area contributed by atoms with Crippen LogP contribution in [0.25, 0.3) is 11.0 Å². The smallest absolute Gasteiger partial charge is 0.260 e. The molecule has 3 heterocycles. The number of piperidine rings is 1. The Balaban J connectivity index is 2.01. The van der Waals surface area contributed by atoms with Gasteiger partial charge in [0.1, 0.15) is 5.65 Å². The molecule has 1 aliphatic heterocycles. The zero-order valence-corrected chi connectivity index (χ0v) is 9.89. The SMILES string of the molecule is CN1CCC(n2ccc3c(=O)[nH]cnc32)CC1. The van der Waals surface area contributed by atoms with Gasteiger partial charge in [0.05, 0.1) is 11.7 Å². The molecule has 2 aromatic rings. The lowest BCUT2D eigenvalue weighted by Crippen LogP contribution is -2.31. The van der Waals surface area contributed by atoms with Crippen molar-refractivity contribution in [2.75, 3.05) is 20.1 Å². The zero-order valence-electron chi connectivity index (χ0n) is 9.89. The first-order valence-corrected chi connectivity index (χ1v) is 5.98. The first kappa shape index (κ1) is 10.5. The molecule has 2 aromatic heterocycles. The second-order valence-electron chi connectivity index (χ2n) is 4.73. The first-order chi connectivity index (χ1) is 8.25. The summed E-state index contributed by atoms with van der Waals surface area (Å²) in [4.78, 5) is 20.8. The van der Waals surface area contributed by atoms with Gasteiger partial charge in [-0.05, 0) is 39.0 Å². The summed E-state index contributed by atoms with van der Waals surface area (Å²) in [6.45, 7) is 2.21. The summed E-state index contributed by atoms with van der Waals surface area (Å²) in [7, 11) is 2.15. The lowest BCUT2D eigenvalue weighted by Gasteiger charge is -2.30. The molecule has 17 heavy (non-hydrogen) atoms. The molecule has 1 saturated heterocycles. The van der Waals surface area contributed by atoms with Crippen LogP contribution in [-0.4, -0.2) is 39.6 Å². The Kier molecular flexibility index (Phi) is 2.48. The Hall–Kier alpha value is -1.62. The van der Waals surface area contributed by atoms with E-state index in [1.165, 1.54) is 6.33 Å². The second kappa shape index (κ2) is 4.00. The fourth-order valence-electron chi connectivity index (χ4n) is 2.55. The summed E-state index contributed by atoms with van der Waals surface area (Å²) in [5.74, 6) is 0. The van der Waals surface area contributed by atoms with Crippen LogP contribution in [0.1, 0.15) is 18.9 Å². The fraction of sp³-hybridized carbons (Fsp3) is 0.500. The van der Waals surface area contributed by atoms with E-state index in [1.54, 1.807) is 0 Å². The molecule has 0 radical (unpaired) electrons. The van der Waals surface area contributed by atoms with Crippen LogP contribution in [0.5, 0.6) is 0 Å². The highest BCUT2D eigenvalue weighted by atomic mass is 16.1. The topological polar surface area (TPSA) is 53.9 Å². The number of aromatic nitrogens is 3. The Morgan fingerprint density at radius 1 is 1.41 bits per heavy atom. The average molecular weight is 232 g/mol. The van der Waals surface area contributed by atoms with E-state index in [0.717, 1.165) is 31.6 Å². The average Bonchev–Trinajstić information content (AvgIpc) is 2.75. The van der Waals surface area contributed by atoms with Crippen LogP contribution in [-0.2, 0) is 0 Å². The van der Waals surface area contributed by atoms with Crippen molar-refractivity contribution < 1.29 is 0 Å². The van der Waals surface area contributed by atoms with Gasteiger partial charge in [0, 0.05) is 12.2 Å². The largest absolute Gasteiger partial charge is 0.329 e. The number of nitrogens with zero attached hydrogens (tertiary/aromatic N) is 3. The summed E-state index contributed by atoms with van der Waals surface area (Å²) in [5, 5.41) is 0.687. The Labute approximate surface area is 99.1 Å². The van der Waals surface area contributed by atoms with Crippen LogP contribution in [0.3, 0.4) is 0 Å². The molecule has 0 saturated carbocycles. The van der Waals surface area contributed by atoms with E-state index in [4.69, 9.17) is 0 Å². The number of likely N-dealkylation sites (tertiary alicyclic amines) is 1. The predicted octanol–water partition coefficient (Wildman–Crippen LogP) is 0.991. The minimum Gasteiger partial charge on any atom is -0.329 e. The van der Waals surface area contributed by atoms with Gasteiger partial charge in [-0.15, -0.1) is 0 Å². The van der Waals surface area contributed by atoms with Gasteiger partial charge < -0.3 is 14.5 Å². The van der Waals surface area contributed by atoms with E-state index in [0.29, 0.717) is 11.4 Å². The van der Waals surface area contributed by atoms with Crippen molar-refractivity contribution in [3.8, 4) is 0 Å². The third kappa shape index (κ3) is 1.76. The van der Waals surface area contributed by atoms with Crippen LogP contribution < -0.4 is 5.56 Å². The van der Waals surface area contributed by atoms with Crippen molar-refractivity contribution in [1.29, 1.82) is 0 Å². The maximum absolute atomic E-state index is 11.6. The van der Waals surface area contributed by atoms with Crippen molar-refractivity contribution in [2.24, 2.45) is 0 Å². The van der Waals surface area contributed by atoms with E-state index in [9.17, 15) is 4.79 Å². The molecule has 3 rings (SSSR count). The quantitative estimate of drug-likeness (QED) is 0.797. The lowest BCUT2D eigenvalue weighted by atomic mass is 10.1. The van der Waals surface area contributed by atoms with Gasteiger partial charge in [0.15, 0.2) is 0 Å². The maximum atomic E-state index is 11.6. The van der Waals surface area contributed by atoms with Crippen LogP contribution in [0, 0.1) is 0 Å². The van der Waals surface area contributed by atoms with Gasteiger partial charge in [0.25, 0.3) is 5.56 Å². The van der Waals surface area contributed by atoms with E-state index in [-0.39, 0.29) is 5.56 Å². The van der Waals surface area contributed by atoms with Gasteiger partial charge in [-0.3, -0.25) is 4.79 Å². The van der Waals surface area contributed by atoms with Crippen LogP contribution in [0.2, 0.25) is 0 Å². The van der Waals surface area contributed by atoms with Crippen molar-refractivity contribution in [3.05, 3.63) is 28.9 Å². The summed E-state index contributed by atoms with van der Waals surface area (Å²) in [5.41, 5.74) is 0.755. The summed E-state index contributed by atoms with van der Waals surface area (Å²) in [6, 6.07) is 2.33. The van der Waals surface area contributed by atoms with E-state index in [1.807, 2.05) is 12.3 Å². The number of hydrogen-bond donors (Lipinski definition) is 1. The first-order valence-electron chi connectivity index (χ1n) is 5.98. The fourth-order valence-corrected chi connectivity index (χ4v) is 2.55. The van der Waals surface area contributed by atoms with E-state index < -0.39 is 0 Å². The Bertz CT molecular complexity index is 577. The van der Waals surface area contributed by atoms with Gasteiger partial charge in [-0.25, -0.2) is 4.98 Å². The molecule has 90 valence electrons. The Morgan fingerprint density at radius 3 is 2.94 bits per heavy atom. The number of H-pyrrole nitrogens is 1. The molecule has 1 fully saturated rings. The highest BCUT2D eigenvalue weighted by Gasteiger charge is 2.20. The molecule has 0 aromatic carbocycles. The van der Waals surface area contributed by atoms with Gasteiger partial charge in [-0.2, -0.15) is 0 Å². The summed E-state index contributed by atoms with van der Waals surface area (Å²) in [6.07, 6.45) is 5.71. The van der Waals surface area contributed by atoms with Crippen LogP contribution in [0.15, 0.2) is 23.4 Å². The van der Waals surface area contributed by atoms with Crippen molar-refractivity contribution in [3.63, 3.8) is 0 Å². The van der Waals surface area contributed by atoms with Crippen LogP contribution >= 0.6 is 0 Å². The second-order valence-corrected chi connectivity index (χ2v) is 4.73. The molecule has 0 aliphatic carbocycles.